The van der Waals surface area contributed by atoms with Gasteiger partial charge in [0.1, 0.15) is 5.75 Å². The van der Waals surface area contributed by atoms with Gasteiger partial charge in [-0.05, 0) is 49.2 Å². The third-order valence-electron chi connectivity index (χ3n) is 3.03. The van der Waals surface area contributed by atoms with Crippen molar-refractivity contribution in [2.45, 2.75) is 20.0 Å². The zero-order valence-corrected chi connectivity index (χ0v) is 12.2. The van der Waals surface area contributed by atoms with Gasteiger partial charge in [-0.25, -0.2) is 0 Å². The monoisotopic (exact) mass is 285 g/mol. The van der Waals surface area contributed by atoms with Gasteiger partial charge in [0.15, 0.2) is 6.61 Å². The van der Waals surface area contributed by atoms with Crippen molar-refractivity contribution in [2.24, 2.45) is 0 Å². The summed E-state index contributed by atoms with van der Waals surface area (Å²) in [7, 11) is 0. The number of hydrogen-bond donors (Lipinski definition) is 2. The van der Waals surface area contributed by atoms with E-state index in [1.807, 2.05) is 31.2 Å². The zero-order valence-electron chi connectivity index (χ0n) is 12.2. The number of hydrogen-bond acceptors (Lipinski definition) is 3. The largest absolute Gasteiger partial charge is 0.484 e. The van der Waals surface area contributed by atoms with Crippen molar-refractivity contribution in [3.05, 3.63) is 59.7 Å². The molecule has 0 spiro atoms. The molecule has 2 N–H and O–H groups in total. The Morgan fingerprint density at radius 3 is 2.57 bits per heavy atom. The van der Waals surface area contributed by atoms with Crippen LogP contribution in [0, 0.1) is 6.92 Å². The molecule has 110 valence electrons. The van der Waals surface area contributed by atoms with Gasteiger partial charge in [-0.3, -0.25) is 4.79 Å². The van der Waals surface area contributed by atoms with E-state index in [2.05, 4.69) is 5.32 Å². The van der Waals surface area contributed by atoms with Crippen LogP contribution in [0.4, 0.5) is 5.69 Å². The molecule has 0 aliphatic heterocycles. The summed E-state index contributed by atoms with van der Waals surface area (Å²) < 4.78 is 5.41. The predicted octanol–water partition coefficient (Wildman–Crippen LogP) is 3.07. The molecule has 0 aromatic heterocycles. The zero-order chi connectivity index (χ0) is 15.2. The fraction of sp³-hybridized carbons (Fsp3) is 0.235. The van der Waals surface area contributed by atoms with E-state index in [0.29, 0.717) is 5.75 Å². The van der Waals surface area contributed by atoms with Crippen LogP contribution in [0.15, 0.2) is 48.5 Å². The summed E-state index contributed by atoms with van der Waals surface area (Å²) in [5.74, 6) is 0.388. The smallest absolute Gasteiger partial charge is 0.262 e. The van der Waals surface area contributed by atoms with Gasteiger partial charge in [0.2, 0.25) is 0 Å². The van der Waals surface area contributed by atoms with Gasteiger partial charge in [0, 0.05) is 5.69 Å². The Morgan fingerprint density at radius 1 is 1.24 bits per heavy atom. The van der Waals surface area contributed by atoms with E-state index in [-0.39, 0.29) is 12.5 Å². The Labute approximate surface area is 124 Å². The molecule has 0 heterocycles. The Hall–Kier alpha value is -2.33. The molecule has 1 atom stereocenters. The van der Waals surface area contributed by atoms with Crippen LogP contribution >= 0.6 is 0 Å². The number of carbonyl (C=O) groups is 1. The molecule has 2 aromatic carbocycles. The van der Waals surface area contributed by atoms with Crippen molar-refractivity contribution in [3.63, 3.8) is 0 Å². The van der Waals surface area contributed by atoms with Gasteiger partial charge < -0.3 is 15.2 Å². The quantitative estimate of drug-likeness (QED) is 0.887. The number of ether oxygens (including phenoxy) is 1. The first kappa shape index (κ1) is 15.1. The number of nitrogens with one attached hydrogen (secondary N) is 1. The lowest BCUT2D eigenvalue weighted by Crippen LogP contribution is -2.20. The number of carbonyl (C=O) groups excluding carboxylic acids is 1. The molecule has 4 nitrogen and oxygen atoms in total. The normalized spacial score (nSPS) is 11.8. The summed E-state index contributed by atoms with van der Waals surface area (Å²) in [6.45, 7) is 3.61. The van der Waals surface area contributed by atoms with Crippen molar-refractivity contribution >= 4 is 11.6 Å². The lowest BCUT2D eigenvalue weighted by Gasteiger charge is -2.09. The molecule has 0 radical (unpaired) electrons. The molecule has 0 fully saturated rings. The van der Waals surface area contributed by atoms with Crippen LogP contribution in [0.1, 0.15) is 24.2 Å². The molecule has 1 unspecified atom stereocenters. The molecule has 0 saturated carbocycles. The highest BCUT2D eigenvalue weighted by Gasteiger charge is 2.05. The van der Waals surface area contributed by atoms with Crippen molar-refractivity contribution in [2.75, 3.05) is 11.9 Å². The Bertz CT molecular complexity index is 606. The van der Waals surface area contributed by atoms with Crippen LogP contribution in [-0.2, 0) is 4.79 Å². The van der Waals surface area contributed by atoms with E-state index >= 15 is 0 Å². The molecular weight excluding hydrogens is 266 g/mol. The average Bonchev–Trinajstić information content (AvgIpc) is 2.45. The number of amides is 1. The molecule has 2 aromatic rings. The van der Waals surface area contributed by atoms with Crippen LogP contribution in [0.3, 0.4) is 0 Å². The Balaban J connectivity index is 1.86. The van der Waals surface area contributed by atoms with E-state index < -0.39 is 6.10 Å². The summed E-state index contributed by atoms with van der Waals surface area (Å²) in [6, 6.07) is 14.6. The Morgan fingerprint density at radius 2 is 1.95 bits per heavy atom. The molecule has 2 rings (SSSR count). The second kappa shape index (κ2) is 6.90. The SMILES string of the molecule is Cc1cccc(NC(=O)COc2ccc(C(C)O)cc2)c1. The maximum Gasteiger partial charge on any atom is 0.262 e. The van der Waals surface area contributed by atoms with E-state index in [9.17, 15) is 9.90 Å². The highest BCUT2D eigenvalue weighted by Crippen LogP contribution is 2.17. The third kappa shape index (κ3) is 4.61. The molecule has 4 heteroatoms. The fourth-order valence-electron chi connectivity index (χ4n) is 1.91. The number of rotatable bonds is 5. The molecule has 21 heavy (non-hydrogen) atoms. The molecule has 0 bridgehead atoms. The van der Waals surface area contributed by atoms with Gasteiger partial charge in [0.25, 0.3) is 5.91 Å². The topological polar surface area (TPSA) is 58.6 Å². The average molecular weight is 285 g/mol. The fourth-order valence-corrected chi connectivity index (χ4v) is 1.91. The Kier molecular flexibility index (Phi) is 4.95. The van der Waals surface area contributed by atoms with Gasteiger partial charge in [-0.2, -0.15) is 0 Å². The van der Waals surface area contributed by atoms with Crippen LogP contribution < -0.4 is 10.1 Å². The molecule has 1 amide bonds. The number of aryl methyl sites for hydroxylation is 1. The molecule has 0 saturated heterocycles. The number of aliphatic hydroxyl groups is 1. The summed E-state index contributed by atoms with van der Waals surface area (Å²) in [5.41, 5.74) is 2.65. The van der Waals surface area contributed by atoms with Crippen molar-refractivity contribution in [1.29, 1.82) is 0 Å². The minimum Gasteiger partial charge on any atom is -0.484 e. The maximum absolute atomic E-state index is 11.8. The van der Waals surface area contributed by atoms with Crippen LogP contribution in [0.25, 0.3) is 0 Å². The summed E-state index contributed by atoms with van der Waals surface area (Å²) in [6.07, 6.45) is -0.510. The van der Waals surface area contributed by atoms with E-state index in [1.54, 1.807) is 31.2 Å². The van der Waals surface area contributed by atoms with E-state index in [4.69, 9.17) is 4.74 Å². The van der Waals surface area contributed by atoms with Gasteiger partial charge >= 0.3 is 0 Å². The van der Waals surface area contributed by atoms with Gasteiger partial charge in [-0.15, -0.1) is 0 Å². The van der Waals surface area contributed by atoms with E-state index in [0.717, 1.165) is 16.8 Å². The van der Waals surface area contributed by atoms with Crippen LogP contribution in [0.2, 0.25) is 0 Å². The summed E-state index contributed by atoms with van der Waals surface area (Å²) >= 11 is 0. The summed E-state index contributed by atoms with van der Waals surface area (Å²) in [4.78, 5) is 11.8. The number of aliphatic hydroxyl groups excluding tert-OH is 1. The first-order valence-corrected chi connectivity index (χ1v) is 6.82. The first-order valence-electron chi connectivity index (χ1n) is 6.82. The third-order valence-corrected chi connectivity index (χ3v) is 3.03. The minimum atomic E-state index is -0.510. The van der Waals surface area contributed by atoms with Gasteiger partial charge in [0.05, 0.1) is 6.10 Å². The number of benzene rings is 2. The molecule has 0 aliphatic carbocycles. The summed E-state index contributed by atoms with van der Waals surface area (Å²) in [5, 5.41) is 12.2. The highest BCUT2D eigenvalue weighted by molar-refractivity contribution is 5.91. The lowest BCUT2D eigenvalue weighted by atomic mass is 10.1. The first-order chi connectivity index (χ1) is 10.0. The van der Waals surface area contributed by atoms with Crippen molar-refractivity contribution < 1.29 is 14.6 Å². The highest BCUT2D eigenvalue weighted by atomic mass is 16.5. The second-order valence-electron chi connectivity index (χ2n) is 4.95. The number of anilines is 1. The maximum atomic E-state index is 11.8. The standard InChI is InChI=1S/C17H19NO3/c1-12-4-3-5-15(10-12)18-17(20)11-21-16-8-6-14(7-9-16)13(2)19/h3-10,13,19H,11H2,1-2H3,(H,18,20). The molecule has 0 aliphatic rings. The second-order valence-corrected chi connectivity index (χ2v) is 4.95. The van der Waals surface area contributed by atoms with Crippen LogP contribution in [0.5, 0.6) is 5.75 Å². The van der Waals surface area contributed by atoms with Crippen LogP contribution in [-0.4, -0.2) is 17.6 Å². The van der Waals surface area contributed by atoms with E-state index in [1.165, 1.54) is 0 Å². The van der Waals surface area contributed by atoms with Crippen molar-refractivity contribution in [1.82, 2.24) is 0 Å². The molecular formula is C17H19NO3. The lowest BCUT2D eigenvalue weighted by molar-refractivity contribution is -0.118. The van der Waals surface area contributed by atoms with Gasteiger partial charge in [-0.1, -0.05) is 24.3 Å². The predicted molar refractivity (Wildman–Crippen MR) is 82.4 cm³/mol. The van der Waals surface area contributed by atoms with Crippen molar-refractivity contribution in [3.8, 4) is 5.75 Å². The minimum absolute atomic E-state index is 0.0536.